The van der Waals surface area contributed by atoms with E-state index in [1.165, 1.54) is 10.5 Å². The Morgan fingerprint density at radius 2 is 1.72 bits per heavy atom. The highest BCUT2D eigenvalue weighted by Crippen LogP contribution is 2.34. The molecule has 4 nitrogen and oxygen atoms in total. The first kappa shape index (κ1) is 22.5. The fraction of sp³-hybridized carbons (Fsp3) is 0.120. The number of nitrogens with zero attached hydrogens (tertiary/aromatic N) is 1. The van der Waals surface area contributed by atoms with Gasteiger partial charge in [0.1, 0.15) is 12.4 Å². The van der Waals surface area contributed by atoms with Gasteiger partial charge < -0.3 is 4.74 Å². The van der Waals surface area contributed by atoms with Gasteiger partial charge in [0, 0.05) is 0 Å². The summed E-state index contributed by atoms with van der Waals surface area (Å²) < 4.78 is 5.84. The van der Waals surface area contributed by atoms with Crippen LogP contribution in [0.15, 0.2) is 71.6 Å². The largest absolute Gasteiger partial charge is 0.489 e. The maximum Gasteiger partial charge on any atom is 0.293 e. The van der Waals surface area contributed by atoms with E-state index in [4.69, 9.17) is 27.9 Å². The Balaban J connectivity index is 1.41. The molecule has 0 N–H and O–H groups in total. The zero-order valence-electron chi connectivity index (χ0n) is 17.2. The van der Waals surface area contributed by atoms with Crippen LogP contribution < -0.4 is 4.74 Å². The molecule has 0 aromatic heterocycles. The molecule has 2 amide bonds. The molecule has 0 saturated carbocycles. The van der Waals surface area contributed by atoms with Gasteiger partial charge in [-0.25, -0.2) is 0 Å². The van der Waals surface area contributed by atoms with E-state index in [1.807, 2.05) is 49.4 Å². The van der Waals surface area contributed by atoms with Crippen molar-refractivity contribution in [2.24, 2.45) is 0 Å². The molecule has 7 heteroatoms. The molecule has 1 fully saturated rings. The first-order chi connectivity index (χ1) is 15.4. The van der Waals surface area contributed by atoms with E-state index in [2.05, 4.69) is 6.07 Å². The Labute approximate surface area is 200 Å². The van der Waals surface area contributed by atoms with Gasteiger partial charge in [-0.3, -0.25) is 14.5 Å². The molecule has 0 spiro atoms. The number of halogens is 2. The number of carbonyl (C=O) groups excluding carboxylic acids is 2. The van der Waals surface area contributed by atoms with Gasteiger partial charge in [-0.2, -0.15) is 0 Å². The molecule has 0 aliphatic carbocycles. The molecule has 1 saturated heterocycles. The highest BCUT2D eigenvalue weighted by atomic mass is 35.5. The molecule has 32 heavy (non-hydrogen) atoms. The molecule has 1 aliphatic heterocycles. The number of hydrogen-bond donors (Lipinski definition) is 0. The van der Waals surface area contributed by atoms with Crippen molar-refractivity contribution in [3.63, 3.8) is 0 Å². The number of imide groups is 1. The average molecular weight is 484 g/mol. The van der Waals surface area contributed by atoms with E-state index >= 15 is 0 Å². The Kier molecular flexibility index (Phi) is 6.89. The van der Waals surface area contributed by atoms with Crippen molar-refractivity contribution in [1.29, 1.82) is 0 Å². The Bertz CT molecular complexity index is 1210. The number of benzene rings is 3. The van der Waals surface area contributed by atoms with E-state index in [0.29, 0.717) is 21.6 Å². The van der Waals surface area contributed by atoms with Crippen molar-refractivity contribution in [2.75, 3.05) is 0 Å². The molecule has 3 aromatic rings. The summed E-state index contributed by atoms with van der Waals surface area (Å²) in [5, 5.41) is 0.498. The number of carbonyl (C=O) groups is 2. The first-order valence-corrected chi connectivity index (χ1v) is 11.4. The van der Waals surface area contributed by atoms with Crippen LogP contribution in [0.2, 0.25) is 10.0 Å². The maximum absolute atomic E-state index is 12.8. The molecule has 0 radical (unpaired) electrons. The van der Waals surface area contributed by atoms with Crippen molar-refractivity contribution in [1.82, 2.24) is 4.90 Å². The predicted octanol–water partition coefficient (Wildman–Crippen LogP) is 7.12. The quantitative estimate of drug-likeness (QED) is 0.350. The van der Waals surface area contributed by atoms with Crippen LogP contribution in [0.3, 0.4) is 0 Å². The van der Waals surface area contributed by atoms with E-state index in [9.17, 15) is 9.59 Å². The Morgan fingerprint density at radius 1 is 0.938 bits per heavy atom. The lowest BCUT2D eigenvalue weighted by Crippen LogP contribution is -2.27. The smallest absolute Gasteiger partial charge is 0.293 e. The van der Waals surface area contributed by atoms with Crippen molar-refractivity contribution in [2.45, 2.75) is 20.1 Å². The summed E-state index contributed by atoms with van der Waals surface area (Å²) in [6.07, 6.45) is 1.71. The van der Waals surface area contributed by atoms with Crippen molar-refractivity contribution in [3.8, 4) is 5.75 Å². The molecule has 0 bridgehead atoms. The minimum atomic E-state index is -0.328. The Hall–Kier alpha value is -2.73. The van der Waals surface area contributed by atoms with Gasteiger partial charge in [-0.15, -0.1) is 0 Å². The molecule has 162 valence electrons. The van der Waals surface area contributed by atoms with Gasteiger partial charge in [-0.05, 0) is 65.7 Å². The molecule has 1 heterocycles. The summed E-state index contributed by atoms with van der Waals surface area (Å²) in [5.41, 5.74) is 3.84. The predicted molar refractivity (Wildman–Crippen MR) is 130 cm³/mol. The lowest BCUT2D eigenvalue weighted by Gasteiger charge is -2.12. The number of aryl methyl sites for hydroxylation is 1. The van der Waals surface area contributed by atoms with E-state index < -0.39 is 0 Å². The van der Waals surface area contributed by atoms with Gasteiger partial charge in [0.05, 0.1) is 21.5 Å². The third kappa shape index (κ3) is 5.36. The van der Waals surface area contributed by atoms with Crippen LogP contribution in [0.25, 0.3) is 6.08 Å². The standard InChI is InChI=1S/C25H19Cl2NO3S/c1-16-3-2-4-19(11-16)15-31-20-8-5-17(6-9-20)13-23-24(29)28(25(30)32-23)14-18-7-10-21(26)22(27)12-18/h2-13H,14-15H2,1H3/b23-13+. The first-order valence-electron chi connectivity index (χ1n) is 9.87. The lowest BCUT2D eigenvalue weighted by atomic mass is 10.1. The normalized spacial score (nSPS) is 15.0. The Morgan fingerprint density at radius 3 is 2.44 bits per heavy atom. The molecular weight excluding hydrogens is 465 g/mol. The van der Waals surface area contributed by atoms with Crippen LogP contribution in [-0.4, -0.2) is 16.0 Å². The number of hydrogen-bond acceptors (Lipinski definition) is 4. The SMILES string of the molecule is Cc1cccc(COc2ccc(/C=C3/SC(=O)N(Cc4ccc(Cl)c(Cl)c4)C3=O)cc2)c1. The minimum Gasteiger partial charge on any atom is -0.489 e. The number of thioether (sulfide) groups is 1. The summed E-state index contributed by atoms with van der Waals surface area (Å²) in [6, 6.07) is 20.6. The molecule has 1 aliphatic rings. The summed E-state index contributed by atoms with van der Waals surface area (Å²) in [6.45, 7) is 2.67. The number of amides is 2. The van der Waals surface area contributed by atoms with Crippen molar-refractivity contribution >= 4 is 52.2 Å². The second kappa shape index (κ2) is 9.82. The third-order valence-electron chi connectivity index (χ3n) is 4.86. The number of ether oxygens (including phenoxy) is 1. The van der Waals surface area contributed by atoms with Crippen LogP contribution in [0, 0.1) is 6.92 Å². The highest BCUT2D eigenvalue weighted by Gasteiger charge is 2.35. The van der Waals surface area contributed by atoms with E-state index in [0.717, 1.165) is 34.2 Å². The van der Waals surface area contributed by atoms with Crippen LogP contribution >= 0.6 is 35.0 Å². The third-order valence-corrected chi connectivity index (χ3v) is 6.51. The minimum absolute atomic E-state index is 0.143. The van der Waals surface area contributed by atoms with E-state index in [-0.39, 0.29) is 17.7 Å². The van der Waals surface area contributed by atoms with Crippen LogP contribution in [0.1, 0.15) is 22.3 Å². The molecule has 0 unspecified atom stereocenters. The zero-order valence-corrected chi connectivity index (χ0v) is 19.5. The molecule has 3 aromatic carbocycles. The lowest BCUT2D eigenvalue weighted by molar-refractivity contribution is -0.123. The topological polar surface area (TPSA) is 46.6 Å². The van der Waals surface area contributed by atoms with Gasteiger partial charge in [0.2, 0.25) is 0 Å². The van der Waals surface area contributed by atoms with Crippen molar-refractivity contribution < 1.29 is 14.3 Å². The second-order valence-corrected chi connectivity index (χ2v) is 9.17. The van der Waals surface area contributed by atoms with Gasteiger partial charge >= 0.3 is 0 Å². The second-order valence-electron chi connectivity index (χ2n) is 7.36. The summed E-state index contributed by atoms with van der Waals surface area (Å²) in [7, 11) is 0. The van der Waals surface area contributed by atoms with Gasteiger partial charge in [0.15, 0.2) is 0 Å². The molecule has 0 atom stereocenters. The maximum atomic E-state index is 12.8. The van der Waals surface area contributed by atoms with Crippen LogP contribution in [0.4, 0.5) is 4.79 Å². The fourth-order valence-corrected chi connectivity index (χ4v) is 4.40. The zero-order chi connectivity index (χ0) is 22.7. The summed E-state index contributed by atoms with van der Waals surface area (Å²) >= 11 is 12.9. The fourth-order valence-electron chi connectivity index (χ4n) is 3.24. The highest BCUT2D eigenvalue weighted by molar-refractivity contribution is 8.18. The van der Waals surface area contributed by atoms with Crippen LogP contribution in [0.5, 0.6) is 5.75 Å². The molecule has 4 rings (SSSR count). The summed E-state index contributed by atoms with van der Waals surface area (Å²) in [5.74, 6) is 0.405. The van der Waals surface area contributed by atoms with E-state index in [1.54, 1.807) is 24.3 Å². The molecular formula is C25H19Cl2NO3S. The monoisotopic (exact) mass is 483 g/mol. The van der Waals surface area contributed by atoms with Crippen LogP contribution in [-0.2, 0) is 17.9 Å². The van der Waals surface area contributed by atoms with Gasteiger partial charge in [0.25, 0.3) is 11.1 Å². The average Bonchev–Trinajstić information content (AvgIpc) is 3.03. The summed E-state index contributed by atoms with van der Waals surface area (Å²) in [4.78, 5) is 26.7. The van der Waals surface area contributed by atoms with Gasteiger partial charge in [-0.1, -0.05) is 71.2 Å². The van der Waals surface area contributed by atoms with Crippen molar-refractivity contribution in [3.05, 3.63) is 104 Å². The number of rotatable bonds is 6.